The van der Waals surface area contributed by atoms with Crippen molar-refractivity contribution in [2.75, 3.05) is 0 Å². The van der Waals surface area contributed by atoms with Crippen LogP contribution in [0.4, 0.5) is 0 Å². The number of hydrogen-bond donors (Lipinski definition) is 0. The van der Waals surface area contributed by atoms with Gasteiger partial charge in [0.1, 0.15) is 5.60 Å². The van der Waals surface area contributed by atoms with Crippen molar-refractivity contribution < 1.29 is 9.53 Å². The molecule has 1 atom stereocenters. The molecule has 0 bridgehead atoms. The summed E-state index contributed by atoms with van der Waals surface area (Å²) in [5.74, 6) is -0.304. The molecule has 0 radical (unpaired) electrons. The monoisotopic (exact) mass is 422 g/mol. The summed E-state index contributed by atoms with van der Waals surface area (Å²) in [5.41, 5.74) is 3.89. The van der Waals surface area contributed by atoms with Crippen LogP contribution in [0.25, 0.3) is 0 Å². The minimum atomic E-state index is -0.613. The molecule has 0 fully saturated rings. The average Bonchev–Trinajstić information content (AvgIpc) is 2.58. The number of rotatable bonds is 5. The molecule has 0 N–H and O–H groups in total. The molecular formula is C27H38N2O2. The van der Waals surface area contributed by atoms with Crippen LogP contribution in [0.3, 0.4) is 0 Å². The van der Waals surface area contributed by atoms with Gasteiger partial charge < -0.3 is 4.74 Å². The van der Waals surface area contributed by atoms with Crippen LogP contribution in [-0.2, 0) is 9.53 Å². The summed E-state index contributed by atoms with van der Waals surface area (Å²) in [6.45, 7) is 18.4. The highest BCUT2D eigenvalue weighted by Gasteiger charge is 2.37. The number of nitrogens with zero attached hydrogens (tertiary/aromatic N) is 2. The standard InChI is InChI=1S/C27H38N2O2/c1-18(2)14-23-24(25(30)31-27(7,8)9)22(20-12-10-19(3)11-13-20)15-21(29(23)17-28)16-26(4,5)6/h10-13,15,18,22H,14,16H2,1-9H3. The maximum absolute atomic E-state index is 13.5. The van der Waals surface area contributed by atoms with Crippen LogP contribution in [0.1, 0.15) is 85.3 Å². The van der Waals surface area contributed by atoms with Crippen molar-refractivity contribution in [3.8, 4) is 6.19 Å². The summed E-state index contributed by atoms with van der Waals surface area (Å²) in [5, 5.41) is 10.1. The van der Waals surface area contributed by atoms with Crippen LogP contribution in [-0.4, -0.2) is 16.5 Å². The quantitative estimate of drug-likeness (QED) is 0.385. The lowest BCUT2D eigenvalue weighted by Crippen LogP contribution is -2.34. The van der Waals surface area contributed by atoms with Gasteiger partial charge in [0.15, 0.2) is 6.19 Å². The van der Waals surface area contributed by atoms with Gasteiger partial charge in [-0.25, -0.2) is 4.79 Å². The highest BCUT2D eigenvalue weighted by Crippen LogP contribution is 2.42. The van der Waals surface area contributed by atoms with Crippen LogP contribution in [0.5, 0.6) is 0 Å². The number of allylic oxidation sites excluding steroid dienone is 3. The molecule has 0 saturated heterocycles. The predicted octanol–water partition coefficient (Wildman–Crippen LogP) is 6.84. The largest absolute Gasteiger partial charge is 0.457 e. The second-order valence-corrected chi connectivity index (χ2v) is 11.2. The van der Waals surface area contributed by atoms with Crippen molar-refractivity contribution in [1.82, 2.24) is 4.90 Å². The fourth-order valence-corrected chi connectivity index (χ4v) is 3.83. The molecule has 4 heteroatoms. The van der Waals surface area contributed by atoms with Gasteiger partial charge >= 0.3 is 5.97 Å². The first-order chi connectivity index (χ1) is 14.2. The van der Waals surface area contributed by atoms with E-state index in [1.54, 1.807) is 4.90 Å². The van der Waals surface area contributed by atoms with Gasteiger partial charge in [0.05, 0.1) is 5.57 Å². The van der Waals surface area contributed by atoms with E-state index in [0.717, 1.165) is 23.4 Å². The molecule has 1 aliphatic rings. The first kappa shape index (κ1) is 24.7. The van der Waals surface area contributed by atoms with E-state index in [2.05, 4.69) is 78.1 Å². The zero-order valence-electron chi connectivity index (χ0n) is 20.7. The molecule has 2 rings (SSSR count). The molecule has 0 spiro atoms. The van der Waals surface area contributed by atoms with E-state index in [1.807, 2.05) is 20.8 Å². The summed E-state index contributed by atoms with van der Waals surface area (Å²) in [6.07, 6.45) is 5.82. The third kappa shape index (κ3) is 6.72. The van der Waals surface area contributed by atoms with Gasteiger partial charge in [-0.2, -0.15) is 5.26 Å². The van der Waals surface area contributed by atoms with Crippen molar-refractivity contribution in [3.63, 3.8) is 0 Å². The van der Waals surface area contributed by atoms with Crippen molar-refractivity contribution in [1.29, 1.82) is 5.26 Å². The van der Waals surface area contributed by atoms with E-state index in [1.165, 1.54) is 5.56 Å². The Bertz CT molecular complexity index is 901. The normalized spacial score (nSPS) is 17.5. The Balaban J connectivity index is 2.74. The molecule has 31 heavy (non-hydrogen) atoms. The molecule has 0 amide bonds. The third-order valence-corrected chi connectivity index (χ3v) is 5.01. The van der Waals surface area contributed by atoms with Crippen LogP contribution in [0, 0.1) is 29.7 Å². The van der Waals surface area contributed by atoms with Gasteiger partial charge in [-0.15, -0.1) is 0 Å². The molecule has 1 unspecified atom stereocenters. The smallest absolute Gasteiger partial charge is 0.337 e. The molecule has 1 aliphatic heterocycles. The maximum atomic E-state index is 13.5. The number of aryl methyl sites for hydroxylation is 1. The van der Waals surface area contributed by atoms with E-state index in [-0.39, 0.29) is 23.2 Å². The number of benzene rings is 1. The van der Waals surface area contributed by atoms with E-state index >= 15 is 0 Å². The second kappa shape index (κ2) is 9.30. The van der Waals surface area contributed by atoms with Crippen LogP contribution in [0.15, 0.2) is 47.3 Å². The Labute approximate surface area is 188 Å². The fraction of sp³-hybridized carbons (Fsp3) is 0.556. The van der Waals surface area contributed by atoms with Crippen molar-refractivity contribution >= 4 is 5.97 Å². The second-order valence-electron chi connectivity index (χ2n) is 11.2. The summed E-state index contributed by atoms with van der Waals surface area (Å²) in [6, 6.07) is 8.28. The highest BCUT2D eigenvalue weighted by molar-refractivity contribution is 5.92. The molecule has 1 heterocycles. The van der Waals surface area contributed by atoms with E-state index < -0.39 is 5.60 Å². The summed E-state index contributed by atoms with van der Waals surface area (Å²) in [4.78, 5) is 15.1. The lowest BCUT2D eigenvalue weighted by atomic mass is 9.80. The Morgan fingerprint density at radius 1 is 1.13 bits per heavy atom. The molecule has 4 nitrogen and oxygen atoms in total. The first-order valence-corrected chi connectivity index (χ1v) is 11.2. The molecule has 0 saturated carbocycles. The highest BCUT2D eigenvalue weighted by atomic mass is 16.6. The average molecular weight is 423 g/mol. The third-order valence-electron chi connectivity index (χ3n) is 5.01. The molecular weight excluding hydrogens is 384 g/mol. The maximum Gasteiger partial charge on any atom is 0.337 e. The first-order valence-electron chi connectivity index (χ1n) is 11.2. The lowest BCUT2D eigenvalue weighted by molar-refractivity contribution is -0.150. The van der Waals surface area contributed by atoms with Gasteiger partial charge in [-0.1, -0.05) is 70.5 Å². The zero-order valence-corrected chi connectivity index (χ0v) is 20.7. The topological polar surface area (TPSA) is 53.3 Å². The Morgan fingerprint density at radius 3 is 2.16 bits per heavy atom. The number of carbonyl (C=O) groups excluding carboxylic acids is 1. The minimum absolute atomic E-state index is 0.00508. The molecule has 1 aromatic rings. The number of carbonyl (C=O) groups is 1. The van der Waals surface area contributed by atoms with Gasteiger partial charge in [0.25, 0.3) is 0 Å². The van der Waals surface area contributed by atoms with Crippen LogP contribution in [0.2, 0.25) is 0 Å². The molecule has 168 valence electrons. The van der Waals surface area contributed by atoms with E-state index in [4.69, 9.17) is 4.74 Å². The van der Waals surface area contributed by atoms with Gasteiger partial charge in [-0.3, -0.25) is 4.90 Å². The number of nitriles is 1. The molecule has 1 aromatic carbocycles. The van der Waals surface area contributed by atoms with Crippen molar-refractivity contribution in [3.05, 3.63) is 58.4 Å². The summed E-state index contributed by atoms with van der Waals surface area (Å²) in [7, 11) is 0. The Hall–Kier alpha value is -2.54. The van der Waals surface area contributed by atoms with Crippen molar-refractivity contribution in [2.24, 2.45) is 11.3 Å². The van der Waals surface area contributed by atoms with Gasteiger partial charge in [0, 0.05) is 17.3 Å². The van der Waals surface area contributed by atoms with Gasteiger partial charge in [0.2, 0.25) is 0 Å². The minimum Gasteiger partial charge on any atom is -0.457 e. The van der Waals surface area contributed by atoms with E-state index in [9.17, 15) is 10.1 Å². The van der Waals surface area contributed by atoms with Crippen LogP contribution < -0.4 is 0 Å². The van der Waals surface area contributed by atoms with Gasteiger partial charge in [-0.05, 0) is 57.4 Å². The number of hydrogen-bond acceptors (Lipinski definition) is 4. The Kier molecular flexibility index (Phi) is 7.42. The number of ether oxygens (including phenoxy) is 1. The van der Waals surface area contributed by atoms with Crippen LogP contribution >= 0.6 is 0 Å². The van der Waals surface area contributed by atoms with E-state index in [0.29, 0.717) is 12.0 Å². The Morgan fingerprint density at radius 2 is 1.71 bits per heavy atom. The predicted molar refractivity (Wildman–Crippen MR) is 126 cm³/mol. The molecule has 0 aliphatic carbocycles. The number of esters is 1. The van der Waals surface area contributed by atoms with Crippen molar-refractivity contribution in [2.45, 2.75) is 86.7 Å². The SMILES string of the molecule is Cc1ccc(C2C=C(CC(C)(C)C)N(C#N)C(CC(C)C)=C2C(=O)OC(C)(C)C)cc1. The zero-order chi connectivity index (χ0) is 23.6. The fourth-order valence-electron chi connectivity index (χ4n) is 3.83. The summed E-state index contributed by atoms with van der Waals surface area (Å²) >= 11 is 0. The molecule has 0 aromatic heterocycles. The lowest BCUT2D eigenvalue weighted by Gasteiger charge is -2.36. The summed E-state index contributed by atoms with van der Waals surface area (Å²) < 4.78 is 5.83.